The average Bonchev–Trinajstić information content (AvgIpc) is 2.54. The molecule has 1 amide bonds. The lowest BCUT2D eigenvalue weighted by Gasteiger charge is -2.30. The van der Waals surface area contributed by atoms with E-state index in [0.29, 0.717) is 5.56 Å². The zero-order chi connectivity index (χ0) is 18.1. The first-order valence-electron chi connectivity index (χ1n) is 7.55. The number of nitrogens with two attached hydrogens (primary N) is 1. The van der Waals surface area contributed by atoms with Crippen molar-refractivity contribution in [2.24, 2.45) is 5.92 Å². The highest BCUT2D eigenvalue weighted by Crippen LogP contribution is 2.38. The van der Waals surface area contributed by atoms with Crippen LogP contribution in [0.4, 0.5) is 16.2 Å². The van der Waals surface area contributed by atoms with E-state index in [4.69, 9.17) is 10.5 Å². The van der Waals surface area contributed by atoms with Crippen LogP contribution in [0.3, 0.4) is 0 Å². The van der Waals surface area contributed by atoms with Gasteiger partial charge in [0, 0.05) is 5.92 Å². The Morgan fingerprint density at radius 2 is 2.00 bits per heavy atom. The summed E-state index contributed by atoms with van der Waals surface area (Å²) in [6.45, 7) is 1.68. The number of ether oxygens (including phenoxy) is 1. The fraction of sp³-hybridized carbons (Fsp3) is 0.250. The van der Waals surface area contributed by atoms with Crippen LogP contribution in [-0.4, -0.2) is 28.5 Å². The van der Waals surface area contributed by atoms with Crippen molar-refractivity contribution in [1.29, 1.82) is 0 Å². The van der Waals surface area contributed by atoms with E-state index in [0.717, 1.165) is 0 Å². The molecule has 0 bridgehead atoms. The molecular formula is C16H15FN4O4. The van der Waals surface area contributed by atoms with Crippen LogP contribution in [0.2, 0.25) is 0 Å². The molecule has 1 aromatic heterocycles. The Balaban J connectivity index is 2.22. The second kappa shape index (κ2) is 6.34. The Morgan fingerprint density at radius 3 is 2.64 bits per heavy atom. The first-order chi connectivity index (χ1) is 11.9. The Hall–Kier alpha value is -3.23. The van der Waals surface area contributed by atoms with Crippen LogP contribution in [0.5, 0.6) is 0 Å². The predicted molar refractivity (Wildman–Crippen MR) is 86.3 cm³/mol. The first-order valence-corrected chi connectivity index (χ1v) is 7.55. The number of hydrogen-bond donors (Lipinski definition) is 3. The van der Waals surface area contributed by atoms with Gasteiger partial charge in [-0.15, -0.1) is 0 Å². The summed E-state index contributed by atoms with van der Waals surface area (Å²) in [5.41, 5.74) is 5.40. The van der Waals surface area contributed by atoms with Crippen molar-refractivity contribution in [3.8, 4) is 0 Å². The van der Waals surface area contributed by atoms with Crippen molar-refractivity contribution in [2.75, 3.05) is 17.7 Å². The largest absolute Gasteiger partial charge is 0.465 e. The Morgan fingerprint density at radius 1 is 1.32 bits per heavy atom. The van der Waals surface area contributed by atoms with E-state index < -0.39 is 35.1 Å². The summed E-state index contributed by atoms with van der Waals surface area (Å²) in [7, 11) is 0. The molecule has 3 rings (SSSR count). The van der Waals surface area contributed by atoms with Crippen LogP contribution in [-0.2, 0) is 14.3 Å². The third-order valence-electron chi connectivity index (χ3n) is 3.91. The average molecular weight is 346 g/mol. The van der Waals surface area contributed by atoms with Gasteiger partial charge in [-0.25, -0.2) is 4.39 Å². The molecule has 0 aliphatic carbocycles. The number of fused-ring (bicyclic) bond motifs is 1. The molecule has 0 fully saturated rings. The maximum Gasteiger partial charge on any atom is 0.319 e. The number of rotatable bonds is 3. The molecule has 1 aliphatic rings. The molecule has 2 aromatic rings. The molecule has 0 spiro atoms. The number of anilines is 2. The molecule has 1 aromatic carbocycles. The minimum atomic E-state index is -1.30. The number of halogens is 1. The number of carbonyl (C=O) groups excluding carboxylic acids is 2. The maximum atomic E-state index is 13.3. The lowest BCUT2D eigenvalue weighted by molar-refractivity contribution is -0.151. The molecule has 9 heteroatoms. The summed E-state index contributed by atoms with van der Waals surface area (Å²) in [6.07, 6.45) is 0. The summed E-state index contributed by atoms with van der Waals surface area (Å²) in [6, 6.07) is 5.18. The summed E-state index contributed by atoms with van der Waals surface area (Å²) in [5.74, 6) is -4.41. The number of aromatic amines is 1. The Bertz CT molecular complexity index is 894. The van der Waals surface area contributed by atoms with Crippen LogP contribution >= 0.6 is 0 Å². The van der Waals surface area contributed by atoms with Gasteiger partial charge in [-0.3, -0.25) is 19.4 Å². The minimum absolute atomic E-state index is 0.0267. The molecule has 0 radical (unpaired) electrons. The second-order valence-electron chi connectivity index (χ2n) is 5.46. The number of esters is 1. The SMILES string of the molecule is CCOC(=O)C1C(=O)Nc2nc(N)[nH]c(=O)c2C1c1ccc(F)cc1. The van der Waals surface area contributed by atoms with Crippen molar-refractivity contribution in [3.05, 3.63) is 51.6 Å². The summed E-state index contributed by atoms with van der Waals surface area (Å²) in [5, 5.41) is 2.42. The van der Waals surface area contributed by atoms with E-state index in [-0.39, 0.29) is 23.9 Å². The molecule has 1 aliphatic heterocycles. The van der Waals surface area contributed by atoms with Gasteiger partial charge in [0.15, 0.2) is 0 Å². The van der Waals surface area contributed by atoms with Crippen molar-refractivity contribution in [3.63, 3.8) is 0 Å². The van der Waals surface area contributed by atoms with Crippen LogP contribution in [0, 0.1) is 11.7 Å². The highest BCUT2D eigenvalue weighted by Gasteiger charge is 2.45. The molecule has 4 N–H and O–H groups in total. The second-order valence-corrected chi connectivity index (χ2v) is 5.46. The van der Waals surface area contributed by atoms with Gasteiger partial charge in [-0.05, 0) is 24.6 Å². The number of aromatic nitrogens is 2. The number of hydrogen-bond acceptors (Lipinski definition) is 6. The van der Waals surface area contributed by atoms with E-state index in [1.165, 1.54) is 24.3 Å². The van der Waals surface area contributed by atoms with E-state index in [1.54, 1.807) is 6.92 Å². The number of nitrogens with zero attached hydrogens (tertiary/aromatic N) is 1. The first kappa shape index (κ1) is 16.6. The zero-order valence-corrected chi connectivity index (χ0v) is 13.2. The number of benzene rings is 1. The minimum Gasteiger partial charge on any atom is -0.465 e. The summed E-state index contributed by atoms with van der Waals surface area (Å²) >= 11 is 0. The van der Waals surface area contributed by atoms with Crippen molar-refractivity contribution >= 4 is 23.6 Å². The van der Waals surface area contributed by atoms with E-state index in [1.807, 2.05) is 0 Å². The fourth-order valence-electron chi connectivity index (χ4n) is 2.90. The normalized spacial score (nSPS) is 19.0. The van der Waals surface area contributed by atoms with E-state index in [2.05, 4.69) is 15.3 Å². The van der Waals surface area contributed by atoms with Crippen molar-refractivity contribution in [1.82, 2.24) is 9.97 Å². The van der Waals surface area contributed by atoms with Gasteiger partial charge in [0.25, 0.3) is 5.56 Å². The molecule has 0 saturated heterocycles. The number of nitrogens with one attached hydrogen (secondary N) is 2. The van der Waals surface area contributed by atoms with Gasteiger partial charge in [-0.1, -0.05) is 12.1 Å². The standard InChI is InChI=1S/C16H15FN4O4/c1-2-25-15(24)11-9(7-3-5-8(17)6-4-7)10-12(19-14(11)23)20-16(18)21-13(10)22/h3-6,9,11H,2H2,1H3,(H4,18,19,20,21,22,23). The molecule has 25 heavy (non-hydrogen) atoms. The quantitative estimate of drug-likeness (QED) is 0.556. The number of amides is 1. The topological polar surface area (TPSA) is 127 Å². The smallest absolute Gasteiger partial charge is 0.319 e. The van der Waals surface area contributed by atoms with Crippen LogP contribution < -0.4 is 16.6 Å². The predicted octanol–water partition coefficient (Wildman–Crippen LogP) is 0.755. The number of nitrogen functional groups attached to an aromatic ring is 1. The van der Waals surface area contributed by atoms with Gasteiger partial charge in [-0.2, -0.15) is 4.98 Å². The Labute approximate surface area is 141 Å². The molecule has 0 saturated carbocycles. The molecule has 2 atom stereocenters. The highest BCUT2D eigenvalue weighted by molar-refractivity contribution is 6.08. The number of carbonyl (C=O) groups is 2. The van der Waals surface area contributed by atoms with Crippen molar-refractivity contribution < 1.29 is 18.7 Å². The summed E-state index contributed by atoms with van der Waals surface area (Å²) < 4.78 is 18.2. The third-order valence-corrected chi connectivity index (χ3v) is 3.91. The molecular weight excluding hydrogens is 331 g/mol. The molecule has 8 nitrogen and oxygen atoms in total. The van der Waals surface area contributed by atoms with Crippen LogP contribution in [0.1, 0.15) is 24.0 Å². The van der Waals surface area contributed by atoms with Gasteiger partial charge in [0.2, 0.25) is 11.9 Å². The van der Waals surface area contributed by atoms with Crippen LogP contribution in [0.25, 0.3) is 0 Å². The lowest BCUT2D eigenvalue weighted by Crippen LogP contribution is -2.43. The fourth-order valence-corrected chi connectivity index (χ4v) is 2.90. The molecule has 2 heterocycles. The third kappa shape index (κ3) is 2.95. The van der Waals surface area contributed by atoms with Gasteiger partial charge in [0.1, 0.15) is 17.6 Å². The summed E-state index contributed by atoms with van der Waals surface area (Å²) in [4.78, 5) is 43.5. The monoisotopic (exact) mass is 346 g/mol. The van der Waals surface area contributed by atoms with Crippen molar-refractivity contribution in [2.45, 2.75) is 12.8 Å². The van der Waals surface area contributed by atoms with Crippen LogP contribution in [0.15, 0.2) is 29.1 Å². The van der Waals surface area contributed by atoms with E-state index in [9.17, 15) is 18.8 Å². The highest BCUT2D eigenvalue weighted by atomic mass is 19.1. The maximum absolute atomic E-state index is 13.3. The zero-order valence-electron chi connectivity index (χ0n) is 13.2. The van der Waals surface area contributed by atoms with Gasteiger partial charge >= 0.3 is 5.97 Å². The van der Waals surface area contributed by atoms with E-state index >= 15 is 0 Å². The van der Waals surface area contributed by atoms with Gasteiger partial charge < -0.3 is 15.8 Å². The number of H-pyrrole nitrogens is 1. The van der Waals surface area contributed by atoms with Gasteiger partial charge in [0.05, 0.1) is 12.2 Å². The molecule has 2 unspecified atom stereocenters. The Kier molecular flexibility index (Phi) is 4.22. The molecule has 130 valence electrons. The lowest BCUT2D eigenvalue weighted by atomic mass is 9.78.